The zero-order chi connectivity index (χ0) is 21.3. The number of ether oxygens (including phenoxy) is 1. The maximum atomic E-state index is 12.6. The van der Waals surface area contributed by atoms with Crippen LogP contribution in [0.3, 0.4) is 0 Å². The van der Waals surface area contributed by atoms with Crippen LogP contribution in [0, 0.1) is 6.92 Å². The van der Waals surface area contributed by atoms with E-state index in [1.54, 1.807) is 19.1 Å². The minimum Gasteiger partial charge on any atom is -0.497 e. The van der Waals surface area contributed by atoms with Crippen molar-refractivity contribution in [2.24, 2.45) is 0 Å². The third-order valence-corrected chi connectivity index (χ3v) is 6.11. The third kappa shape index (κ3) is 4.48. The number of carbonyl (C=O) groups excluding carboxylic acids is 1. The number of nitrogens with one attached hydrogen (secondary N) is 1. The Labute approximate surface area is 181 Å². The summed E-state index contributed by atoms with van der Waals surface area (Å²) in [4.78, 5) is 12.3. The van der Waals surface area contributed by atoms with Gasteiger partial charge in [-0.25, -0.2) is 17.8 Å². The first-order valence-corrected chi connectivity index (χ1v) is 10.5. The smallest absolute Gasteiger partial charge is 0.287 e. The number of halogens is 3. The van der Waals surface area contributed by atoms with Crippen molar-refractivity contribution in [2.75, 3.05) is 7.11 Å². The molecule has 0 spiro atoms. The van der Waals surface area contributed by atoms with Crippen LogP contribution in [-0.2, 0) is 10.0 Å². The molecule has 0 saturated heterocycles. The second-order valence-corrected chi connectivity index (χ2v) is 8.72. The van der Waals surface area contributed by atoms with E-state index >= 15 is 0 Å². The fourth-order valence-electron chi connectivity index (χ4n) is 2.49. The van der Waals surface area contributed by atoms with Crippen LogP contribution in [0.5, 0.6) is 5.75 Å². The standard InChI is InChI=1S/C17H13Cl3N4O4S/c1-9-16(21-23-24(9)12-6-10(18)5-11(19)7-12)17(25)22-29(26,27)15-8-13(28-2)3-4-14(15)20/h3-8H,1-2H3,(H,22,25). The molecule has 0 unspecified atom stereocenters. The Morgan fingerprint density at radius 2 is 1.76 bits per heavy atom. The van der Waals surface area contributed by atoms with E-state index in [4.69, 9.17) is 39.5 Å². The molecule has 0 bridgehead atoms. The lowest BCUT2D eigenvalue weighted by Gasteiger charge is -2.09. The van der Waals surface area contributed by atoms with E-state index in [9.17, 15) is 13.2 Å². The van der Waals surface area contributed by atoms with Crippen molar-refractivity contribution in [3.63, 3.8) is 0 Å². The summed E-state index contributed by atoms with van der Waals surface area (Å²) in [6, 6.07) is 8.73. The molecular formula is C17H13Cl3N4O4S. The zero-order valence-electron chi connectivity index (χ0n) is 15.0. The molecular weight excluding hydrogens is 463 g/mol. The first kappa shape index (κ1) is 21.4. The Bertz CT molecular complexity index is 1190. The van der Waals surface area contributed by atoms with Crippen molar-refractivity contribution >= 4 is 50.7 Å². The molecule has 0 aliphatic carbocycles. The minimum atomic E-state index is -4.29. The van der Waals surface area contributed by atoms with E-state index in [-0.39, 0.29) is 27.1 Å². The van der Waals surface area contributed by atoms with Crippen LogP contribution in [0.4, 0.5) is 0 Å². The molecule has 152 valence electrons. The highest BCUT2D eigenvalue weighted by atomic mass is 35.5. The van der Waals surface area contributed by atoms with Gasteiger partial charge in [-0.3, -0.25) is 4.79 Å². The molecule has 3 aromatic rings. The number of benzene rings is 2. The predicted octanol–water partition coefficient (Wildman–Crippen LogP) is 3.66. The molecule has 0 fully saturated rings. The van der Waals surface area contributed by atoms with Gasteiger partial charge < -0.3 is 4.74 Å². The lowest BCUT2D eigenvalue weighted by molar-refractivity contribution is 0.0976. The van der Waals surface area contributed by atoms with Gasteiger partial charge in [-0.1, -0.05) is 40.0 Å². The fraction of sp³-hybridized carbons (Fsp3) is 0.118. The topological polar surface area (TPSA) is 103 Å². The molecule has 0 aliphatic rings. The molecule has 1 amide bonds. The molecule has 1 heterocycles. The summed E-state index contributed by atoms with van der Waals surface area (Å²) in [5.41, 5.74) is 0.557. The molecule has 0 aliphatic heterocycles. The summed E-state index contributed by atoms with van der Waals surface area (Å²) in [5.74, 6) is -0.706. The number of methoxy groups -OCH3 is 1. The average molecular weight is 476 g/mol. The largest absolute Gasteiger partial charge is 0.497 e. The van der Waals surface area contributed by atoms with Crippen molar-refractivity contribution in [3.05, 3.63) is 62.9 Å². The third-order valence-electron chi connectivity index (χ3n) is 3.86. The molecule has 29 heavy (non-hydrogen) atoms. The van der Waals surface area contributed by atoms with Gasteiger partial charge in [0.15, 0.2) is 5.69 Å². The monoisotopic (exact) mass is 474 g/mol. The van der Waals surface area contributed by atoms with Crippen LogP contribution < -0.4 is 9.46 Å². The molecule has 0 saturated carbocycles. The van der Waals surface area contributed by atoms with Crippen LogP contribution in [0.2, 0.25) is 15.1 Å². The lowest BCUT2D eigenvalue weighted by Crippen LogP contribution is -2.31. The maximum absolute atomic E-state index is 12.6. The second kappa shape index (κ2) is 8.19. The van der Waals surface area contributed by atoms with Crippen LogP contribution in [0.1, 0.15) is 16.2 Å². The lowest BCUT2D eigenvalue weighted by atomic mass is 10.3. The molecule has 0 radical (unpaired) electrons. The molecule has 1 N–H and O–H groups in total. The van der Waals surface area contributed by atoms with Crippen LogP contribution in [0.25, 0.3) is 5.69 Å². The van der Waals surface area contributed by atoms with E-state index < -0.39 is 15.9 Å². The number of carbonyl (C=O) groups is 1. The highest BCUT2D eigenvalue weighted by Gasteiger charge is 2.26. The highest BCUT2D eigenvalue weighted by molar-refractivity contribution is 7.90. The van der Waals surface area contributed by atoms with Crippen LogP contribution in [0.15, 0.2) is 41.3 Å². The summed E-state index contributed by atoms with van der Waals surface area (Å²) >= 11 is 17.9. The Kier molecular flexibility index (Phi) is 6.04. The van der Waals surface area contributed by atoms with Gasteiger partial charge in [0.2, 0.25) is 0 Å². The van der Waals surface area contributed by atoms with E-state index in [1.807, 2.05) is 4.72 Å². The summed E-state index contributed by atoms with van der Waals surface area (Å²) in [6.45, 7) is 1.55. The van der Waals surface area contributed by atoms with Gasteiger partial charge in [-0.05, 0) is 37.3 Å². The van der Waals surface area contributed by atoms with Crippen molar-refractivity contribution < 1.29 is 17.9 Å². The highest BCUT2D eigenvalue weighted by Crippen LogP contribution is 2.26. The van der Waals surface area contributed by atoms with Gasteiger partial charge in [-0.2, -0.15) is 0 Å². The number of sulfonamides is 1. The Morgan fingerprint density at radius 1 is 1.10 bits per heavy atom. The Morgan fingerprint density at radius 3 is 2.38 bits per heavy atom. The average Bonchev–Trinajstić information content (AvgIpc) is 3.02. The van der Waals surface area contributed by atoms with Crippen molar-refractivity contribution in [1.29, 1.82) is 0 Å². The number of amides is 1. The Balaban J connectivity index is 1.93. The van der Waals surface area contributed by atoms with Gasteiger partial charge in [0.1, 0.15) is 10.6 Å². The van der Waals surface area contributed by atoms with Gasteiger partial charge in [0, 0.05) is 16.1 Å². The number of rotatable bonds is 5. The summed E-state index contributed by atoms with van der Waals surface area (Å²) in [6.07, 6.45) is 0. The van der Waals surface area contributed by atoms with Crippen LogP contribution >= 0.6 is 34.8 Å². The summed E-state index contributed by atoms with van der Waals surface area (Å²) < 4.78 is 33.5. The SMILES string of the molecule is COc1ccc(Cl)c(S(=O)(=O)NC(=O)c2nnn(-c3cc(Cl)cc(Cl)c3)c2C)c1. The van der Waals surface area contributed by atoms with Crippen molar-refractivity contribution in [2.45, 2.75) is 11.8 Å². The predicted molar refractivity (Wildman–Crippen MR) is 109 cm³/mol. The minimum absolute atomic E-state index is 0.0694. The molecule has 2 aromatic carbocycles. The normalized spacial score (nSPS) is 11.3. The molecule has 1 aromatic heterocycles. The molecule has 12 heteroatoms. The van der Waals surface area contributed by atoms with E-state index in [2.05, 4.69) is 10.3 Å². The van der Waals surface area contributed by atoms with E-state index in [0.717, 1.165) is 0 Å². The van der Waals surface area contributed by atoms with Crippen molar-refractivity contribution in [1.82, 2.24) is 19.7 Å². The van der Waals surface area contributed by atoms with Crippen molar-refractivity contribution in [3.8, 4) is 11.4 Å². The molecule has 0 atom stereocenters. The first-order chi connectivity index (χ1) is 13.6. The Hall–Kier alpha value is -2.33. The first-order valence-electron chi connectivity index (χ1n) is 7.92. The zero-order valence-corrected chi connectivity index (χ0v) is 18.1. The summed E-state index contributed by atoms with van der Waals surface area (Å²) in [7, 11) is -2.91. The molecule has 3 rings (SSSR count). The van der Waals surface area contributed by atoms with Crippen LogP contribution in [-0.4, -0.2) is 36.4 Å². The van der Waals surface area contributed by atoms with Gasteiger partial charge in [0.05, 0.1) is 23.5 Å². The number of nitrogens with zero attached hydrogens (tertiary/aromatic N) is 3. The maximum Gasteiger partial charge on any atom is 0.287 e. The molecule has 8 nitrogen and oxygen atoms in total. The van der Waals surface area contributed by atoms with E-state index in [1.165, 1.54) is 36.1 Å². The van der Waals surface area contributed by atoms with E-state index in [0.29, 0.717) is 15.7 Å². The second-order valence-electron chi connectivity index (χ2n) is 5.79. The van der Waals surface area contributed by atoms with Gasteiger partial charge in [0.25, 0.3) is 15.9 Å². The summed E-state index contributed by atoms with van der Waals surface area (Å²) in [5, 5.41) is 8.32. The quantitative estimate of drug-likeness (QED) is 0.604. The fourth-order valence-corrected chi connectivity index (χ4v) is 4.47. The number of aromatic nitrogens is 3. The van der Waals surface area contributed by atoms with Gasteiger partial charge >= 0.3 is 0 Å². The van der Waals surface area contributed by atoms with Gasteiger partial charge in [-0.15, -0.1) is 5.10 Å². The number of hydrogen-bond acceptors (Lipinski definition) is 6. The number of hydrogen-bond donors (Lipinski definition) is 1.